The fourth-order valence-corrected chi connectivity index (χ4v) is 3.34. The third-order valence-corrected chi connectivity index (χ3v) is 4.36. The fraction of sp³-hybridized carbons (Fsp3) is 0.500. The first-order valence-corrected chi connectivity index (χ1v) is 7.48. The molecule has 1 saturated heterocycles. The molecule has 0 radical (unpaired) electrons. The summed E-state index contributed by atoms with van der Waals surface area (Å²) >= 11 is 1.92. The average Bonchev–Trinajstić information content (AvgIpc) is 2.45. The molecular formula is C12H15N3O4S. The minimum atomic E-state index is -0.630. The second kappa shape index (κ2) is 6.56. The van der Waals surface area contributed by atoms with E-state index in [1.54, 1.807) is 0 Å². The Morgan fingerprint density at radius 1 is 1.20 bits per heavy atom. The van der Waals surface area contributed by atoms with Crippen molar-refractivity contribution < 1.29 is 9.85 Å². The van der Waals surface area contributed by atoms with Crippen molar-refractivity contribution in [3.8, 4) is 0 Å². The third-order valence-electron chi connectivity index (χ3n) is 3.31. The summed E-state index contributed by atoms with van der Waals surface area (Å²) in [4.78, 5) is 20.4. The van der Waals surface area contributed by atoms with E-state index in [0.717, 1.165) is 30.4 Å². The quantitative estimate of drug-likeness (QED) is 0.662. The summed E-state index contributed by atoms with van der Waals surface area (Å²) in [5.41, 5.74) is -0.167. The van der Waals surface area contributed by atoms with Crippen LogP contribution in [-0.4, -0.2) is 27.9 Å². The van der Waals surface area contributed by atoms with Crippen molar-refractivity contribution in [3.05, 3.63) is 38.4 Å². The van der Waals surface area contributed by atoms with E-state index in [1.165, 1.54) is 12.1 Å². The second-order valence-corrected chi connectivity index (χ2v) is 5.88. The van der Waals surface area contributed by atoms with E-state index < -0.39 is 9.85 Å². The number of thioether (sulfide) groups is 1. The van der Waals surface area contributed by atoms with Gasteiger partial charge in [-0.2, -0.15) is 11.8 Å². The highest BCUT2D eigenvalue weighted by Crippen LogP contribution is 2.30. The summed E-state index contributed by atoms with van der Waals surface area (Å²) in [6, 6.07) is 3.69. The Bertz CT molecular complexity index is 517. The number of nitro groups is 2. The highest BCUT2D eigenvalue weighted by Gasteiger charge is 2.20. The largest absolute Gasteiger partial charge is 0.379 e. The molecule has 0 spiro atoms. The Morgan fingerprint density at radius 3 is 2.50 bits per heavy atom. The topological polar surface area (TPSA) is 98.3 Å². The molecule has 1 fully saturated rings. The summed E-state index contributed by atoms with van der Waals surface area (Å²) in [5.74, 6) is 2.75. The fourth-order valence-electron chi connectivity index (χ4n) is 2.14. The SMILES string of the molecule is O=[N+]([O-])c1ccc(NCC2CCSCC2)c([N+](=O)[O-])c1. The molecule has 0 saturated carbocycles. The van der Waals surface area contributed by atoms with Gasteiger partial charge in [0, 0.05) is 12.6 Å². The molecule has 2 rings (SSSR count). The zero-order valence-electron chi connectivity index (χ0n) is 10.8. The number of rotatable bonds is 5. The van der Waals surface area contributed by atoms with Crippen LogP contribution in [0.3, 0.4) is 0 Å². The number of non-ortho nitro benzene ring substituents is 1. The molecule has 0 atom stereocenters. The van der Waals surface area contributed by atoms with Gasteiger partial charge in [0.25, 0.3) is 11.4 Å². The predicted octanol–water partition coefficient (Wildman–Crippen LogP) is 3.06. The standard InChI is InChI=1S/C12H15N3O4S/c16-14(17)10-1-2-11(12(7-10)15(18)19)13-8-9-3-5-20-6-4-9/h1-2,7,9,13H,3-6,8H2. The molecule has 1 aliphatic heterocycles. The van der Waals surface area contributed by atoms with Gasteiger partial charge >= 0.3 is 0 Å². The molecular weight excluding hydrogens is 282 g/mol. The summed E-state index contributed by atoms with van der Waals surface area (Å²) in [6.45, 7) is 0.666. The van der Waals surface area contributed by atoms with E-state index in [0.29, 0.717) is 18.2 Å². The number of nitro benzene ring substituents is 2. The van der Waals surface area contributed by atoms with Crippen molar-refractivity contribution in [2.75, 3.05) is 23.4 Å². The molecule has 0 unspecified atom stereocenters. The highest BCUT2D eigenvalue weighted by atomic mass is 32.2. The Hall–Kier alpha value is -1.83. The van der Waals surface area contributed by atoms with Gasteiger partial charge in [-0.15, -0.1) is 0 Å². The molecule has 1 heterocycles. The van der Waals surface area contributed by atoms with Gasteiger partial charge in [-0.05, 0) is 36.3 Å². The number of hydrogen-bond donors (Lipinski definition) is 1. The van der Waals surface area contributed by atoms with E-state index in [-0.39, 0.29) is 11.4 Å². The van der Waals surface area contributed by atoms with Crippen LogP contribution in [0, 0.1) is 26.1 Å². The minimum absolute atomic E-state index is 0.246. The zero-order chi connectivity index (χ0) is 14.5. The van der Waals surface area contributed by atoms with Crippen LogP contribution >= 0.6 is 11.8 Å². The number of benzene rings is 1. The maximum Gasteiger partial charge on any atom is 0.299 e. The summed E-state index contributed by atoms with van der Waals surface area (Å²) < 4.78 is 0. The summed E-state index contributed by atoms with van der Waals surface area (Å²) in [5, 5.41) is 24.7. The van der Waals surface area contributed by atoms with Crippen LogP contribution in [0.4, 0.5) is 17.1 Å². The van der Waals surface area contributed by atoms with Crippen molar-refractivity contribution in [2.45, 2.75) is 12.8 Å². The van der Waals surface area contributed by atoms with Gasteiger partial charge in [0.1, 0.15) is 5.69 Å². The monoisotopic (exact) mass is 297 g/mol. The maximum atomic E-state index is 11.0. The molecule has 0 bridgehead atoms. The van der Waals surface area contributed by atoms with Crippen LogP contribution in [0.5, 0.6) is 0 Å². The molecule has 1 aliphatic rings. The van der Waals surface area contributed by atoms with E-state index >= 15 is 0 Å². The van der Waals surface area contributed by atoms with Crippen LogP contribution in [-0.2, 0) is 0 Å². The molecule has 108 valence electrons. The minimum Gasteiger partial charge on any atom is -0.379 e. The second-order valence-electron chi connectivity index (χ2n) is 4.65. The Balaban J connectivity index is 2.09. The Kier molecular flexibility index (Phi) is 4.78. The van der Waals surface area contributed by atoms with Crippen molar-refractivity contribution in [3.63, 3.8) is 0 Å². The molecule has 8 heteroatoms. The van der Waals surface area contributed by atoms with Gasteiger partial charge in [0.15, 0.2) is 0 Å². The molecule has 1 N–H and O–H groups in total. The van der Waals surface area contributed by atoms with E-state index in [1.807, 2.05) is 11.8 Å². The van der Waals surface area contributed by atoms with Crippen LogP contribution < -0.4 is 5.32 Å². The highest BCUT2D eigenvalue weighted by molar-refractivity contribution is 7.99. The van der Waals surface area contributed by atoms with Crippen LogP contribution in [0.1, 0.15) is 12.8 Å². The summed E-state index contributed by atoms with van der Waals surface area (Å²) in [7, 11) is 0. The third kappa shape index (κ3) is 3.60. The molecule has 7 nitrogen and oxygen atoms in total. The van der Waals surface area contributed by atoms with Gasteiger partial charge < -0.3 is 5.32 Å². The lowest BCUT2D eigenvalue weighted by Gasteiger charge is -2.21. The molecule has 0 amide bonds. The first-order valence-electron chi connectivity index (χ1n) is 6.32. The van der Waals surface area contributed by atoms with Crippen molar-refractivity contribution in [2.24, 2.45) is 5.92 Å². The lowest BCUT2D eigenvalue weighted by atomic mass is 10.0. The maximum absolute atomic E-state index is 11.0. The Morgan fingerprint density at radius 2 is 1.90 bits per heavy atom. The normalized spacial score (nSPS) is 15.8. The van der Waals surface area contributed by atoms with Gasteiger partial charge in [0.05, 0.1) is 15.9 Å². The van der Waals surface area contributed by atoms with E-state index in [4.69, 9.17) is 0 Å². The summed E-state index contributed by atoms with van der Waals surface area (Å²) in [6.07, 6.45) is 2.19. The van der Waals surface area contributed by atoms with Gasteiger partial charge in [0.2, 0.25) is 0 Å². The van der Waals surface area contributed by atoms with Crippen LogP contribution in [0.2, 0.25) is 0 Å². The van der Waals surface area contributed by atoms with Gasteiger partial charge in [-0.25, -0.2) is 0 Å². The van der Waals surface area contributed by atoms with Crippen molar-refractivity contribution in [1.82, 2.24) is 0 Å². The molecule has 0 aromatic heterocycles. The lowest BCUT2D eigenvalue weighted by Crippen LogP contribution is -2.19. The number of anilines is 1. The first-order chi connectivity index (χ1) is 9.58. The average molecular weight is 297 g/mol. The number of nitrogens with zero attached hydrogens (tertiary/aromatic N) is 2. The molecule has 20 heavy (non-hydrogen) atoms. The Labute approximate surface area is 120 Å². The molecule has 0 aliphatic carbocycles. The molecule has 1 aromatic rings. The number of hydrogen-bond acceptors (Lipinski definition) is 6. The van der Waals surface area contributed by atoms with Crippen molar-refractivity contribution >= 4 is 28.8 Å². The predicted molar refractivity (Wildman–Crippen MR) is 78.3 cm³/mol. The van der Waals surface area contributed by atoms with E-state index in [9.17, 15) is 20.2 Å². The van der Waals surface area contributed by atoms with E-state index in [2.05, 4.69) is 5.32 Å². The number of nitrogens with one attached hydrogen (secondary N) is 1. The molecule has 1 aromatic carbocycles. The van der Waals surface area contributed by atoms with Crippen molar-refractivity contribution in [1.29, 1.82) is 0 Å². The zero-order valence-corrected chi connectivity index (χ0v) is 11.6. The first kappa shape index (κ1) is 14.6. The van der Waals surface area contributed by atoms with Gasteiger partial charge in [-0.3, -0.25) is 20.2 Å². The lowest BCUT2D eigenvalue weighted by molar-refractivity contribution is -0.393. The van der Waals surface area contributed by atoms with Gasteiger partial charge in [-0.1, -0.05) is 0 Å². The smallest absolute Gasteiger partial charge is 0.299 e. The van der Waals surface area contributed by atoms with Crippen LogP contribution in [0.15, 0.2) is 18.2 Å². The van der Waals surface area contributed by atoms with Crippen LogP contribution in [0.25, 0.3) is 0 Å².